The van der Waals surface area contributed by atoms with Crippen LogP contribution in [0.5, 0.6) is 0 Å². The van der Waals surface area contributed by atoms with E-state index in [9.17, 15) is 14.0 Å². The molecule has 0 saturated carbocycles. The average Bonchev–Trinajstić information content (AvgIpc) is 3.16. The van der Waals surface area contributed by atoms with Crippen molar-refractivity contribution >= 4 is 34.2 Å². The highest BCUT2D eigenvalue weighted by Crippen LogP contribution is 2.31. The fourth-order valence-corrected chi connectivity index (χ4v) is 3.40. The lowest BCUT2D eigenvalue weighted by molar-refractivity contribution is -0.116. The summed E-state index contributed by atoms with van der Waals surface area (Å²) < 4.78 is 19.0. The lowest BCUT2D eigenvalue weighted by atomic mass is 10.1. The Morgan fingerprint density at radius 1 is 1.19 bits per heavy atom. The first-order valence-electron chi connectivity index (χ1n) is 8.35. The average molecular weight is 352 g/mol. The number of benzene rings is 2. The Bertz CT molecular complexity index is 1050. The molecule has 3 aromatic rings. The van der Waals surface area contributed by atoms with Gasteiger partial charge in [0.1, 0.15) is 11.4 Å². The van der Waals surface area contributed by atoms with Gasteiger partial charge in [0.2, 0.25) is 5.91 Å². The van der Waals surface area contributed by atoms with Crippen LogP contribution in [0.25, 0.3) is 11.0 Å². The van der Waals surface area contributed by atoms with Crippen molar-refractivity contribution < 1.29 is 18.4 Å². The second-order valence-electron chi connectivity index (χ2n) is 6.41. The fraction of sp³-hybridized carbons (Fsp3) is 0.200. The van der Waals surface area contributed by atoms with Gasteiger partial charge >= 0.3 is 0 Å². The number of rotatable bonds is 2. The molecule has 5 nitrogen and oxygen atoms in total. The molecule has 26 heavy (non-hydrogen) atoms. The predicted molar refractivity (Wildman–Crippen MR) is 97.0 cm³/mol. The Balaban J connectivity index is 1.61. The minimum absolute atomic E-state index is 0.00525. The molecule has 2 amide bonds. The third kappa shape index (κ3) is 2.63. The van der Waals surface area contributed by atoms with Gasteiger partial charge in [-0.15, -0.1) is 0 Å². The number of hydrogen-bond donors (Lipinski definition) is 1. The summed E-state index contributed by atoms with van der Waals surface area (Å²) >= 11 is 0. The maximum atomic E-state index is 13.4. The first kappa shape index (κ1) is 16.3. The normalized spacial score (nSPS) is 13.1. The van der Waals surface area contributed by atoms with E-state index in [4.69, 9.17) is 4.42 Å². The minimum Gasteiger partial charge on any atom is -0.451 e. The first-order valence-corrected chi connectivity index (χ1v) is 8.35. The van der Waals surface area contributed by atoms with Crippen molar-refractivity contribution in [2.75, 3.05) is 16.8 Å². The van der Waals surface area contributed by atoms with Gasteiger partial charge < -0.3 is 14.6 Å². The summed E-state index contributed by atoms with van der Waals surface area (Å²) in [4.78, 5) is 25.9. The Kier molecular flexibility index (Phi) is 3.76. The van der Waals surface area contributed by atoms with Crippen molar-refractivity contribution in [3.63, 3.8) is 0 Å². The van der Waals surface area contributed by atoms with Crippen LogP contribution in [0, 0.1) is 12.7 Å². The molecule has 2 aromatic carbocycles. The SMILES string of the molecule is CC(=O)N1CCc2cc(NC(=O)c3oc4ccc(F)cc4c3C)ccc21. The summed E-state index contributed by atoms with van der Waals surface area (Å²) in [5, 5.41) is 3.40. The highest BCUT2D eigenvalue weighted by Gasteiger charge is 2.23. The van der Waals surface area contributed by atoms with Crippen LogP contribution < -0.4 is 10.2 Å². The summed E-state index contributed by atoms with van der Waals surface area (Å²) in [5.74, 6) is -0.593. The molecular weight excluding hydrogens is 335 g/mol. The van der Waals surface area contributed by atoms with Crippen LogP contribution in [0.1, 0.15) is 28.6 Å². The highest BCUT2D eigenvalue weighted by atomic mass is 19.1. The Hall–Kier alpha value is -3.15. The maximum absolute atomic E-state index is 13.4. The van der Waals surface area contributed by atoms with E-state index in [2.05, 4.69) is 5.32 Å². The molecule has 0 aliphatic carbocycles. The number of carbonyl (C=O) groups excluding carboxylic acids is 2. The number of nitrogens with one attached hydrogen (secondary N) is 1. The number of hydrogen-bond acceptors (Lipinski definition) is 3. The first-order chi connectivity index (χ1) is 12.4. The molecule has 0 spiro atoms. The van der Waals surface area contributed by atoms with E-state index in [1.54, 1.807) is 17.9 Å². The zero-order chi connectivity index (χ0) is 18.4. The summed E-state index contributed by atoms with van der Waals surface area (Å²) in [5.41, 5.74) is 3.60. The van der Waals surface area contributed by atoms with E-state index in [1.165, 1.54) is 25.1 Å². The molecule has 0 unspecified atom stereocenters. The molecule has 0 atom stereocenters. The number of furan rings is 1. The van der Waals surface area contributed by atoms with Crippen molar-refractivity contribution in [3.8, 4) is 0 Å². The number of amides is 2. The van der Waals surface area contributed by atoms with Gasteiger partial charge in [-0.25, -0.2) is 4.39 Å². The molecule has 1 aromatic heterocycles. The van der Waals surface area contributed by atoms with Gasteiger partial charge in [-0.05, 0) is 55.3 Å². The predicted octanol–water partition coefficient (Wildman–Crippen LogP) is 4.04. The van der Waals surface area contributed by atoms with Crippen LogP contribution in [0.3, 0.4) is 0 Å². The van der Waals surface area contributed by atoms with Crippen molar-refractivity contribution in [2.24, 2.45) is 0 Å². The van der Waals surface area contributed by atoms with E-state index in [-0.39, 0.29) is 23.4 Å². The van der Waals surface area contributed by atoms with E-state index in [1.807, 2.05) is 12.1 Å². The van der Waals surface area contributed by atoms with Crippen LogP contribution >= 0.6 is 0 Å². The van der Waals surface area contributed by atoms with Gasteiger partial charge in [0.25, 0.3) is 5.91 Å². The lowest BCUT2D eigenvalue weighted by Crippen LogP contribution is -2.25. The van der Waals surface area contributed by atoms with Crippen molar-refractivity contribution in [2.45, 2.75) is 20.3 Å². The van der Waals surface area contributed by atoms with Gasteiger partial charge in [-0.3, -0.25) is 9.59 Å². The van der Waals surface area contributed by atoms with Gasteiger partial charge in [-0.2, -0.15) is 0 Å². The standard InChI is InChI=1S/C20H17FN2O3/c1-11-16-10-14(21)3-6-18(16)26-19(11)20(25)22-15-4-5-17-13(9-15)7-8-23(17)12(2)24/h3-6,9-10H,7-8H2,1-2H3,(H,22,25). The lowest BCUT2D eigenvalue weighted by Gasteiger charge is -2.15. The van der Waals surface area contributed by atoms with Gasteiger partial charge in [-0.1, -0.05) is 0 Å². The summed E-state index contributed by atoms with van der Waals surface area (Å²) in [6.45, 7) is 3.92. The van der Waals surface area contributed by atoms with Crippen molar-refractivity contribution in [3.05, 3.63) is 59.1 Å². The summed E-state index contributed by atoms with van der Waals surface area (Å²) in [6.07, 6.45) is 0.752. The Morgan fingerprint density at radius 2 is 2.00 bits per heavy atom. The Morgan fingerprint density at radius 3 is 2.77 bits per heavy atom. The molecule has 1 aliphatic heterocycles. The van der Waals surface area contributed by atoms with Gasteiger partial charge in [0.15, 0.2) is 5.76 Å². The molecule has 0 radical (unpaired) electrons. The Labute approximate surface area is 149 Å². The summed E-state index contributed by atoms with van der Waals surface area (Å²) in [7, 11) is 0. The number of anilines is 2. The van der Waals surface area contributed by atoms with Crippen molar-refractivity contribution in [1.82, 2.24) is 0 Å². The zero-order valence-electron chi connectivity index (χ0n) is 14.4. The molecule has 1 aliphatic rings. The zero-order valence-corrected chi connectivity index (χ0v) is 14.4. The van der Waals surface area contributed by atoms with Crippen LogP contribution in [0.15, 0.2) is 40.8 Å². The molecular formula is C20H17FN2O3. The quantitative estimate of drug-likeness (QED) is 0.757. The number of aryl methyl sites for hydroxylation is 1. The number of nitrogens with zero attached hydrogens (tertiary/aromatic N) is 1. The van der Waals surface area contributed by atoms with E-state index in [0.717, 1.165) is 17.7 Å². The molecule has 0 bridgehead atoms. The van der Waals surface area contributed by atoms with E-state index >= 15 is 0 Å². The van der Waals surface area contributed by atoms with Crippen LogP contribution in [-0.4, -0.2) is 18.4 Å². The van der Waals surface area contributed by atoms with E-state index in [0.29, 0.717) is 28.8 Å². The fourth-order valence-electron chi connectivity index (χ4n) is 3.40. The molecule has 6 heteroatoms. The monoisotopic (exact) mass is 352 g/mol. The third-order valence-corrected chi connectivity index (χ3v) is 4.72. The number of halogens is 1. The van der Waals surface area contributed by atoms with Crippen LogP contribution in [0.2, 0.25) is 0 Å². The third-order valence-electron chi connectivity index (χ3n) is 4.72. The highest BCUT2D eigenvalue weighted by molar-refractivity contribution is 6.06. The molecule has 2 heterocycles. The smallest absolute Gasteiger partial charge is 0.291 e. The molecule has 0 fully saturated rings. The molecule has 132 valence electrons. The minimum atomic E-state index is -0.388. The maximum Gasteiger partial charge on any atom is 0.291 e. The molecule has 4 rings (SSSR count). The number of fused-ring (bicyclic) bond motifs is 2. The molecule has 0 saturated heterocycles. The second kappa shape index (κ2) is 5.98. The van der Waals surface area contributed by atoms with Crippen LogP contribution in [-0.2, 0) is 11.2 Å². The van der Waals surface area contributed by atoms with Gasteiger partial charge in [0.05, 0.1) is 0 Å². The van der Waals surface area contributed by atoms with Crippen LogP contribution in [0.4, 0.5) is 15.8 Å². The largest absolute Gasteiger partial charge is 0.451 e. The van der Waals surface area contributed by atoms with E-state index < -0.39 is 0 Å². The van der Waals surface area contributed by atoms with Gasteiger partial charge in [0, 0.05) is 35.8 Å². The number of carbonyl (C=O) groups is 2. The molecule has 1 N–H and O–H groups in total. The summed E-state index contributed by atoms with van der Waals surface area (Å²) in [6, 6.07) is 9.63. The second-order valence-corrected chi connectivity index (χ2v) is 6.41. The van der Waals surface area contributed by atoms with Crippen molar-refractivity contribution in [1.29, 1.82) is 0 Å². The topological polar surface area (TPSA) is 62.6 Å².